The van der Waals surface area contributed by atoms with Gasteiger partial charge >= 0.3 is 12.2 Å². The molecule has 1 aromatic carbocycles. The number of rotatable bonds is 1. The normalized spacial score (nSPS) is 18.2. The molecule has 4 rings (SSSR count). The maximum Gasteiger partial charge on any atom is 0.416 e. The summed E-state index contributed by atoms with van der Waals surface area (Å²) < 4.78 is 39.2. The van der Waals surface area contributed by atoms with Gasteiger partial charge in [-0.3, -0.25) is 19.5 Å². The van der Waals surface area contributed by atoms with Crippen molar-refractivity contribution >= 4 is 35.0 Å². The molecule has 2 saturated heterocycles. The van der Waals surface area contributed by atoms with Crippen molar-refractivity contribution in [1.29, 1.82) is 0 Å². The number of carbonyl (C=O) groups excluding carboxylic acids is 2. The first-order chi connectivity index (χ1) is 15.0. The highest BCUT2D eigenvalue weighted by atomic mass is 19.4. The molecule has 172 valence electrons. The zero-order valence-electron chi connectivity index (χ0n) is 17.8. The van der Waals surface area contributed by atoms with Crippen LogP contribution >= 0.6 is 0 Å². The standard InChI is InChI=1S/C20H21F3N4O2.CH2O2/c1-12-10-16(14-5-4-13(20(21,22)23)11-15(14)24-12)27-8-6-19(7-9-27)17(28)25(2)18(29)26(19)3;2-1-3/h4-5,10-11H,6-9H2,1-3H3;1H,(H,2,3). The van der Waals surface area contributed by atoms with Crippen molar-refractivity contribution in [1.82, 2.24) is 14.8 Å². The van der Waals surface area contributed by atoms with Crippen LogP contribution < -0.4 is 4.90 Å². The van der Waals surface area contributed by atoms with Gasteiger partial charge in [0.25, 0.3) is 12.4 Å². The summed E-state index contributed by atoms with van der Waals surface area (Å²) in [4.78, 5) is 42.2. The van der Waals surface area contributed by atoms with Crippen LogP contribution in [-0.2, 0) is 15.8 Å². The van der Waals surface area contributed by atoms with Crippen molar-refractivity contribution in [2.75, 3.05) is 32.1 Å². The van der Waals surface area contributed by atoms with E-state index in [1.165, 1.54) is 18.0 Å². The van der Waals surface area contributed by atoms with Crippen molar-refractivity contribution in [3.05, 3.63) is 35.5 Å². The molecule has 3 amide bonds. The van der Waals surface area contributed by atoms with Gasteiger partial charge in [-0.2, -0.15) is 13.2 Å². The lowest BCUT2D eigenvalue weighted by atomic mass is 9.86. The first-order valence-electron chi connectivity index (χ1n) is 9.83. The highest BCUT2D eigenvalue weighted by Crippen LogP contribution is 2.39. The van der Waals surface area contributed by atoms with Crippen LogP contribution in [0.2, 0.25) is 0 Å². The first-order valence-corrected chi connectivity index (χ1v) is 9.83. The Kier molecular flexibility index (Phi) is 6.03. The number of likely N-dealkylation sites (N-methyl/N-ethyl adjacent to an activating group) is 2. The average Bonchev–Trinajstić information content (AvgIpc) is 2.89. The number of fused-ring (bicyclic) bond motifs is 1. The van der Waals surface area contributed by atoms with E-state index in [0.29, 0.717) is 42.5 Å². The summed E-state index contributed by atoms with van der Waals surface area (Å²) in [5, 5.41) is 7.53. The number of aryl methyl sites for hydroxylation is 1. The van der Waals surface area contributed by atoms with Crippen molar-refractivity contribution < 1.29 is 32.7 Å². The van der Waals surface area contributed by atoms with Gasteiger partial charge in [-0.05, 0) is 38.0 Å². The van der Waals surface area contributed by atoms with Crippen LogP contribution in [0.3, 0.4) is 0 Å². The molecular formula is C21H23F3N4O4. The molecule has 0 unspecified atom stereocenters. The summed E-state index contributed by atoms with van der Waals surface area (Å²) in [6.07, 6.45) is -3.51. The van der Waals surface area contributed by atoms with Gasteiger partial charge in [0.15, 0.2) is 0 Å². The summed E-state index contributed by atoms with van der Waals surface area (Å²) >= 11 is 0. The molecule has 2 aliphatic rings. The molecule has 0 radical (unpaired) electrons. The topological polar surface area (TPSA) is 94.1 Å². The minimum Gasteiger partial charge on any atom is -0.483 e. The molecule has 0 atom stereocenters. The number of halogens is 3. The van der Waals surface area contributed by atoms with E-state index in [1.54, 1.807) is 14.0 Å². The molecule has 0 bridgehead atoms. The zero-order valence-corrected chi connectivity index (χ0v) is 17.8. The lowest BCUT2D eigenvalue weighted by molar-refractivity contribution is -0.137. The number of urea groups is 1. The Morgan fingerprint density at radius 1 is 1.12 bits per heavy atom. The third-order valence-electron chi connectivity index (χ3n) is 6.09. The molecular weight excluding hydrogens is 429 g/mol. The van der Waals surface area contributed by atoms with E-state index in [1.807, 2.05) is 6.07 Å². The second-order valence-electron chi connectivity index (χ2n) is 7.84. The second-order valence-corrected chi connectivity index (χ2v) is 7.84. The number of imide groups is 1. The van der Waals surface area contributed by atoms with E-state index in [4.69, 9.17) is 9.90 Å². The molecule has 1 spiro atoms. The van der Waals surface area contributed by atoms with Gasteiger partial charge < -0.3 is 14.9 Å². The number of piperidine rings is 1. The van der Waals surface area contributed by atoms with Crippen LogP contribution in [0.4, 0.5) is 23.7 Å². The third kappa shape index (κ3) is 3.82. The Morgan fingerprint density at radius 2 is 1.72 bits per heavy atom. The summed E-state index contributed by atoms with van der Waals surface area (Å²) in [6, 6.07) is 5.13. The van der Waals surface area contributed by atoms with E-state index in [-0.39, 0.29) is 18.4 Å². The third-order valence-corrected chi connectivity index (χ3v) is 6.09. The van der Waals surface area contributed by atoms with Crippen molar-refractivity contribution in [2.24, 2.45) is 0 Å². The van der Waals surface area contributed by atoms with E-state index in [9.17, 15) is 22.8 Å². The number of carbonyl (C=O) groups is 3. The van der Waals surface area contributed by atoms with Crippen LogP contribution in [0.1, 0.15) is 24.1 Å². The monoisotopic (exact) mass is 452 g/mol. The molecule has 2 fully saturated rings. The number of hydrogen-bond donors (Lipinski definition) is 1. The van der Waals surface area contributed by atoms with Gasteiger partial charge in [-0.25, -0.2) is 4.79 Å². The Hall–Kier alpha value is -3.37. The molecule has 32 heavy (non-hydrogen) atoms. The molecule has 2 aromatic rings. The molecule has 8 nitrogen and oxygen atoms in total. The van der Waals surface area contributed by atoms with Crippen molar-refractivity contribution in [3.63, 3.8) is 0 Å². The molecule has 0 aliphatic carbocycles. The minimum absolute atomic E-state index is 0.199. The number of benzene rings is 1. The quantitative estimate of drug-likeness (QED) is 0.528. The Balaban J connectivity index is 0.000000913. The fourth-order valence-corrected chi connectivity index (χ4v) is 4.39. The summed E-state index contributed by atoms with van der Waals surface area (Å²) in [5.41, 5.74) is 0.134. The number of amides is 3. The highest BCUT2D eigenvalue weighted by molar-refractivity contribution is 6.06. The van der Waals surface area contributed by atoms with Gasteiger partial charge in [0.1, 0.15) is 5.54 Å². The second kappa shape index (κ2) is 8.29. The number of pyridine rings is 1. The molecule has 1 aromatic heterocycles. The molecule has 11 heteroatoms. The minimum atomic E-state index is -4.43. The first kappa shape index (κ1) is 23.3. The van der Waals surface area contributed by atoms with Gasteiger partial charge in [-0.15, -0.1) is 0 Å². The number of aromatic nitrogens is 1. The van der Waals surface area contributed by atoms with Crippen LogP contribution in [0, 0.1) is 6.92 Å². The maximum atomic E-state index is 13.1. The fraction of sp³-hybridized carbons (Fsp3) is 0.429. The highest BCUT2D eigenvalue weighted by Gasteiger charge is 2.55. The van der Waals surface area contributed by atoms with E-state index in [2.05, 4.69) is 9.88 Å². The SMILES string of the molecule is Cc1cc(N2CCC3(CC2)C(=O)N(C)C(=O)N3C)c2ccc(C(F)(F)F)cc2n1.O=CO. The number of nitrogens with zero attached hydrogens (tertiary/aromatic N) is 4. The van der Waals surface area contributed by atoms with E-state index >= 15 is 0 Å². The summed E-state index contributed by atoms with van der Waals surface area (Å²) in [6.45, 7) is 2.52. The smallest absolute Gasteiger partial charge is 0.416 e. The number of carboxylic acid groups (broad SMARTS) is 1. The average molecular weight is 452 g/mol. The number of anilines is 1. The predicted molar refractivity (Wildman–Crippen MR) is 110 cm³/mol. The Bertz CT molecular complexity index is 1060. The van der Waals surface area contributed by atoms with Gasteiger partial charge in [0, 0.05) is 44.0 Å². The Labute approximate surface area is 182 Å². The largest absolute Gasteiger partial charge is 0.483 e. The molecule has 3 heterocycles. The molecule has 2 aliphatic heterocycles. The molecule has 1 N–H and O–H groups in total. The number of alkyl halides is 3. The lowest BCUT2D eigenvalue weighted by Gasteiger charge is -2.42. The zero-order chi connectivity index (χ0) is 23.8. The lowest BCUT2D eigenvalue weighted by Crippen LogP contribution is -2.55. The number of hydrogen-bond acceptors (Lipinski definition) is 5. The Morgan fingerprint density at radius 3 is 2.22 bits per heavy atom. The fourth-order valence-electron chi connectivity index (χ4n) is 4.39. The van der Waals surface area contributed by atoms with Gasteiger partial charge in [0.05, 0.1) is 11.1 Å². The van der Waals surface area contributed by atoms with E-state index in [0.717, 1.165) is 22.7 Å². The van der Waals surface area contributed by atoms with Gasteiger partial charge in [-0.1, -0.05) is 6.07 Å². The van der Waals surface area contributed by atoms with Crippen LogP contribution in [0.25, 0.3) is 10.9 Å². The van der Waals surface area contributed by atoms with Crippen molar-refractivity contribution in [3.8, 4) is 0 Å². The van der Waals surface area contributed by atoms with E-state index < -0.39 is 17.3 Å². The summed E-state index contributed by atoms with van der Waals surface area (Å²) in [7, 11) is 3.13. The predicted octanol–water partition coefficient (Wildman–Crippen LogP) is 3.13. The van der Waals surface area contributed by atoms with Crippen LogP contribution in [0.5, 0.6) is 0 Å². The maximum absolute atomic E-state index is 13.1. The molecule has 0 saturated carbocycles. The van der Waals surface area contributed by atoms with Crippen LogP contribution in [-0.4, -0.2) is 71.0 Å². The summed E-state index contributed by atoms with van der Waals surface area (Å²) in [5.74, 6) is -0.199. The van der Waals surface area contributed by atoms with Gasteiger partial charge in [0.2, 0.25) is 0 Å². The van der Waals surface area contributed by atoms with Crippen LogP contribution in [0.15, 0.2) is 24.3 Å². The van der Waals surface area contributed by atoms with Crippen molar-refractivity contribution in [2.45, 2.75) is 31.5 Å².